The summed E-state index contributed by atoms with van der Waals surface area (Å²) < 4.78 is 0. The van der Waals surface area contributed by atoms with E-state index in [1.807, 2.05) is 0 Å². The smallest absolute Gasteiger partial charge is 0.0727 e. The van der Waals surface area contributed by atoms with Crippen molar-refractivity contribution in [3.8, 4) is 12.3 Å². The van der Waals surface area contributed by atoms with Gasteiger partial charge < -0.3 is 5.32 Å². The van der Waals surface area contributed by atoms with Crippen molar-refractivity contribution in [3.63, 3.8) is 0 Å². The van der Waals surface area contributed by atoms with Crippen LogP contribution in [0.5, 0.6) is 0 Å². The number of terminal acetylenes is 1. The number of rotatable bonds is 5. The van der Waals surface area contributed by atoms with Gasteiger partial charge in [-0.15, -0.1) is 6.42 Å². The summed E-state index contributed by atoms with van der Waals surface area (Å²) in [5, 5.41) is 3.35. The van der Waals surface area contributed by atoms with Gasteiger partial charge in [0, 0.05) is 0 Å². The van der Waals surface area contributed by atoms with Gasteiger partial charge in [-0.1, -0.05) is 42.7 Å². The van der Waals surface area contributed by atoms with Gasteiger partial charge in [-0.25, -0.2) is 0 Å². The van der Waals surface area contributed by atoms with Gasteiger partial charge in [0.25, 0.3) is 0 Å². The number of hydrogen-bond donors (Lipinski definition) is 1. The molecule has 0 radical (unpaired) electrons. The largest absolute Gasteiger partial charge is 0.303 e. The normalized spacial score (nSPS) is 12.1. The van der Waals surface area contributed by atoms with Gasteiger partial charge >= 0.3 is 0 Å². The molecule has 1 atom stereocenters. The summed E-state index contributed by atoms with van der Waals surface area (Å²) in [6.07, 6.45) is 7.51. The Morgan fingerprint density at radius 2 is 2.00 bits per heavy atom. The van der Waals surface area contributed by atoms with E-state index in [9.17, 15) is 0 Å². The number of hydrogen-bond acceptors (Lipinski definition) is 1. The fourth-order valence-electron chi connectivity index (χ4n) is 1.47. The molecular weight excluding hydrogens is 182 g/mol. The van der Waals surface area contributed by atoms with Crippen molar-refractivity contribution in [1.82, 2.24) is 5.32 Å². The molecule has 0 heterocycles. The summed E-state index contributed by atoms with van der Waals surface area (Å²) in [5.74, 6) is 2.79. The molecule has 80 valence electrons. The highest BCUT2D eigenvalue weighted by Gasteiger charge is 2.04. The highest BCUT2D eigenvalue weighted by atomic mass is 14.9. The van der Waals surface area contributed by atoms with Crippen LogP contribution in [0.3, 0.4) is 0 Å². The molecule has 0 spiro atoms. The van der Waals surface area contributed by atoms with E-state index in [-0.39, 0.29) is 6.04 Å². The highest BCUT2D eigenvalue weighted by Crippen LogP contribution is 2.05. The van der Waals surface area contributed by atoms with Crippen molar-refractivity contribution in [2.45, 2.75) is 32.7 Å². The van der Waals surface area contributed by atoms with Gasteiger partial charge in [-0.2, -0.15) is 0 Å². The third-order valence-electron chi connectivity index (χ3n) is 2.40. The summed E-state index contributed by atoms with van der Waals surface area (Å²) in [6, 6.07) is 8.71. The van der Waals surface area contributed by atoms with Crippen LogP contribution in [0.25, 0.3) is 0 Å². The Labute approximate surface area is 92.9 Å². The first-order chi connectivity index (χ1) is 7.26. The van der Waals surface area contributed by atoms with Crippen molar-refractivity contribution in [2.75, 3.05) is 6.54 Å². The first-order valence-electron chi connectivity index (χ1n) is 5.51. The second kappa shape index (κ2) is 6.27. The lowest BCUT2D eigenvalue weighted by Gasteiger charge is -2.12. The van der Waals surface area contributed by atoms with Crippen molar-refractivity contribution < 1.29 is 0 Å². The summed E-state index contributed by atoms with van der Waals surface area (Å²) in [4.78, 5) is 0. The molecule has 1 aromatic carbocycles. The van der Waals surface area contributed by atoms with Gasteiger partial charge in [0.2, 0.25) is 0 Å². The molecule has 0 aliphatic carbocycles. The van der Waals surface area contributed by atoms with Crippen LogP contribution in [0.4, 0.5) is 0 Å². The summed E-state index contributed by atoms with van der Waals surface area (Å²) in [7, 11) is 0. The molecule has 1 heteroatoms. The Morgan fingerprint density at radius 3 is 2.53 bits per heavy atom. The van der Waals surface area contributed by atoms with Crippen molar-refractivity contribution in [3.05, 3.63) is 35.4 Å². The zero-order valence-electron chi connectivity index (χ0n) is 9.59. The zero-order chi connectivity index (χ0) is 11.1. The van der Waals surface area contributed by atoms with E-state index in [4.69, 9.17) is 6.42 Å². The maximum Gasteiger partial charge on any atom is 0.0727 e. The minimum Gasteiger partial charge on any atom is -0.303 e. The average Bonchev–Trinajstić information content (AvgIpc) is 2.27. The maximum absolute atomic E-state index is 5.48. The molecule has 0 saturated heterocycles. The van der Waals surface area contributed by atoms with Crippen LogP contribution >= 0.6 is 0 Å². The molecule has 0 aliphatic heterocycles. The molecule has 1 nitrogen and oxygen atoms in total. The van der Waals surface area contributed by atoms with Crippen LogP contribution in [-0.2, 0) is 6.42 Å². The molecule has 0 amide bonds. The van der Waals surface area contributed by atoms with E-state index in [0.29, 0.717) is 0 Å². The highest BCUT2D eigenvalue weighted by molar-refractivity contribution is 5.23. The SMILES string of the molecule is C#CC(Cc1ccc(C)cc1)NCCC. The molecule has 0 fully saturated rings. The van der Waals surface area contributed by atoms with E-state index in [0.717, 1.165) is 19.4 Å². The number of nitrogens with one attached hydrogen (secondary N) is 1. The quantitative estimate of drug-likeness (QED) is 0.722. The topological polar surface area (TPSA) is 12.0 Å². The molecule has 0 aliphatic rings. The van der Waals surface area contributed by atoms with E-state index < -0.39 is 0 Å². The van der Waals surface area contributed by atoms with Crippen LogP contribution < -0.4 is 5.32 Å². The monoisotopic (exact) mass is 201 g/mol. The maximum atomic E-state index is 5.48. The Bertz CT molecular complexity index is 318. The molecule has 0 saturated carbocycles. The molecule has 0 aromatic heterocycles. The summed E-state index contributed by atoms with van der Waals surface area (Å²) in [5.41, 5.74) is 2.59. The van der Waals surface area contributed by atoms with Gasteiger partial charge in [-0.05, 0) is 31.9 Å². The van der Waals surface area contributed by atoms with Crippen molar-refractivity contribution >= 4 is 0 Å². The Balaban J connectivity index is 2.52. The summed E-state index contributed by atoms with van der Waals surface area (Å²) in [6.45, 7) is 5.23. The van der Waals surface area contributed by atoms with E-state index in [2.05, 4.69) is 49.4 Å². The minimum absolute atomic E-state index is 0.160. The lowest BCUT2D eigenvalue weighted by molar-refractivity contribution is 0.598. The predicted molar refractivity (Wildman–Crippen MR) is 65.8 cm³/mol. The summed E-state index contributed by atoms with van der Waals surface area (Å²) >= 11 is 0. The number of benzene rings is 1. The third-order valence-corrected chi connectivity index (χ3v) is 2.40. The Morgan fingerprint density at radius 1 is 1.33 bits per heavy atom. The number of aryl methyl sites for hydroxylation is 1. The molecular formula is C14H19N. The predicted octanol–water partition coefficient (Wildman–Crippen LogP) is 2.54. The lowest BCUT2D eigenvalue weighted by atomic mass is 10.0. The molecule has 1 N–H and O–H groups in total. The van der Waals surface area contributed by atoms with Gasteiger partial charge in [0.05, 0.1) is 6.04 Å². The lowest BCUT2D eigenvalue weighted by Crippen LogP contribution is -2.30. The zero-order valence-corrected chi connectivity index (χ0v) is 9.59. The van der Waals surface area contributed by atoms with Crippen LogP contribution in [0.1, 0.15) is 24.5 Å². The van der Waals surface area contributed by atoms with Crippen LogP contribution in [-0.4, -0.2) is 12.6 Å². The van der Waals surface area contributed by atoms with Crippen molar-refractivity contribution in [1.29, 1.82) is 0 Å². The second-order valence-electron chi connectivity index (χ2n) is 3.86. The Hall–Kier alpha value is -1.26. The standard InChI is InChI=1S/C14H19N/c1-4-10-15-14(5-2)11-13-8-6-12(3)7-9-13/h2,6-9,14-15H,4,10-11H2,1,3H3. The van der Waals surface area contributed by atoms with E-state index in [1.165, 1.54) is 11.1 Å². The Kier molecular flexibility index (Phi) is 4.93. The van der Waals surface area contributed by atoms with Crippen molar-refractivity contribution in [2.24, 2.45) is 0 Å². The first kappa shape index (κ1) is 11.8. The van der Waals surface area contributed by atoms with E-state index in [1.54, 1.807) is 0 Å². The van der Waals surface area contributed by atoms with Gasteiger partial charge in [0.15, 0.2) is 0 Å². The molecule has 1 unspecified atom stereocenters. The van der Waals surface area contributed by atoms with Crippen LogP contribution in [0.15, 0.2) is 24.3 Å². The molecule has 0 bridgehead atoms. The molecule has 15 heavy (non-hydrogen) atoms. The molecule has 1 rings (SSSR count). The third kappa shape index (κ3) is 4.18. The minimum atomic E-state index is 0.160. The van der Waals surface area contributed by atoms with Crippen LogP contribution in [0.2, 0.25) is 0 Å². The van der Waals surface area contributed by atoms with Gasteiger partial charge in [-0.3, -0.25) is 0 Å². The molecule has 1 aromatic rings. The van der Waals surface area contributed by atoms with E-state index >= 15 is 0 Å². The van der Waals surface area contributed by atoms with Crippen LogP contribution in [0, 0.1) is 19.3 Å². The fourth-order valence-corrected chi connectivity index (χ4v) is 1.47. The second-order valence-corrected chi connectivity index (χ2v) is 3.86. The van der Waals surface area contributed by atoms with Gasteiger partial charge in [0.1, 0.15) is 0 Å². The average molecular weight is 201 g/mol. The first-order valence-corrected chi connectivity index (χ1v) is 5.51. The fraction of sp³-hybridized carbons (Fsp3) is 0.429.